The molecule has 4 rings (SSSR count). The van der Waals surface area contributed by atoms with Crippen LogP contribution in [0.15, 0.2) is 46.3 Å². The van der Waals surface area contributed by atoms with Crippen molar-refractivity contribution in [1.82, 2.24) is 24.0 Å². The van der Waals surface area contributed by atoms with Gasteiger partial charge in [-0.3, -0.25) is 0 Å². The van der Waals surface area contributed by atoms with E-state index in [0.717, 1.165) is 11.1 Å². The van der Waals surface area contributed by atoms with E-state index in [9.17, 15) is 8.42 Å². The number of hydrogen-bond donors (Lipinski definition) is 0. The molecule has 10 heteroatoms. The Balaban J connectivity index is 1.49. The molecule has 0 atom stereocenters. The second kappa shape index (κ2) is 7.22. The third-order valence-electron chi connectivity index (χ3n) is 4.27. The molecule has 0 bridgehead atoms. The van der Waals surface area contributed by atoms with Crippen molar-refractivity contribution in [3.05, 3.63) is 48.2 Å². The number of nitrogens with zero attached hydrogens (tertiary/aromatic N) is 5. The zero-order valence-electron chi connectivity index (χ0n) is 14.8. The van der Waals surface area contributed by atoms with Crippen molar-refractivity contribution in [3.8, 4) is 11.5 Å². The minimum Gasteiger partial charge on any atom is -0.379 e. The molecule has 0 aliphatic carbocycles. The second-order valence-corrected chi connectivity index (χ2v) is 8.17. The molecule has 0 amide bonds. The number of imidazole rings is 1. The van der Waals surface area contributed by atoms with Gasteiger partial charge in [-0.2, -0.15) is 9.29 Å². The summed E-state index contributed by atoms with van der Waals surface area (Å²) in [7, 11) is -3.62. The highest BCUT2D eigenvalue weighted by molar-refractivity contribution is 7.89. The Morgan fingerprint density at radius 3 is 2.63 bits per heavy atom. The number of rotatable bonds is 5. The number of aromatic nitrogens is 4. The summed E-state index contributed by atoms with van der Waals surface area (Å²) >= 11 is 0. The fourth-order valence-corrected chi connectivity index (χ4v) is 4.12. The van der Waals surface area contributed by atoms with Crippen LogP contribution in [0, 0.1) is 6.92 Å². The van der Waals surface area contributed by atoms with Gasteiger partial charge in [0.15, 0.2) is 10.9 Å². The Labute approximate surface area is 156 Å². The largest absolute Gasteiger partial charge is 0.379 e. The normalized spacial score (nSPS) is 15.9. The lowest BCUT2D eigenvalue weighted by Crippen LogP contribution is -2.40. The van der Waals surface area contributed by atoms with E-state index in [1.54, 1.807) is 4.57 Å². The first-order valence-corrected chi connectivity index (χ1v) is 9.96. The highest BCUT2D eigenvalue weighted by Gasteiger charge is 2.28. The lowest BCUT2D eigenvalue weighted by Gasteiger charge is -2.24. The van der Waals surface area contributed by atoms with E-state index in [1.165, 1.54) is 16.8 Å². The van der Waals surface area contributed by atoms with Crippen molar-refractivity contribution < 1.29 is 17.7 Å². The zero-order valence-corrected chi connectivity index (χ0v) is 15.6. The smallest absolute Gasteiger partial charge is 0.262 e. The minimum absolute atomic E-state index is 0.00616. The van der Waals surface area contributed by atoms with Crippen LogP contribution < -0.4 is 0 Å². The summed E-state index contributed by atoms with van der Waals surface area (Å²) in [5, 5.41) is 3.97. The van der Waals surface area contributed by atoms with Gasteiger partial charge in [0, 0.05) is 24.8 Å². The maximum absolute atomic E-state index is 12.6. The summed E-state index contributed by atoms with van der Waals surface area (Å²) < 4.78 is 38.7. The molecule has 0 unspecified atom stereocenters. The average Bonchev–Trinajstić information content (AvgIpc) is 3.34. The Hall–Kier alpha value is -2.56. The number of benzene rings is 1. The van der Waals surface area contributed by atoms with Crippen molar-refractivity contribution in [1.29, 1.82) is 0 Å². The van der Waals surface area contributed by atoms with Gasteiger partial charge < -0.3 is 13.8 Å². The number of ether oxygens (including phenoxy) is 1. The molecule has 3 aromatic rings. The van der Waals surface area contributed by atoms with Crippen molar-refractivity contribution in [2.45, 2.75) is 18.5 Å². The van der Waals surface area contributed by atoms with Gasteiger partial charge in [0.1, 0.15) is 0 Å². The van der Waals surface area contributed by atoms with E-state index >= 15 is 0 Å². The zero-order chi connectivity index (χ0) is 18.9. The molecule has 1 aliphatic heterocycles. The van der Waals surface area contributed by atoms with E-state index in [-0.39, 0.29) is 11.6 Å². The molecule has 142 valence electrons. The maximum Gasteiger partial charge on any atom is 0.262 e. The lowest BCUT2D eigenvalue weighted by atomic mass is 10.1. The van der Waals surface area contributed by atoms with Crippen LogP contribution in [0.5, 0.6) is 0 Å². The van der Waals surface area contributed by atoms with Gasteiger partial charge in [-0.25, -0.2) is 13.4 Å². The highest BCUT2D eigenvalue weighted by Crippen LogP contribution is 2.19. The van der Waals surface area contributed by atoms with E-state index in [1.807, 2.05) is 31.2 Å². The molecule has 9 nitrogen and oxygen atoms in total. The van der Waals surface area contributed by atoms with Crippen LogP contribution in [0.3, 0.4) is 0 Å². The number of hydrogen-bond acceptors (Lipinski definition) is 7. The van der Waals surface area contributed by atoms with Crippen LogP contribution in [0.2, 0.25) is 0 Å². The van der Waals surface area contributed by atoms with Gasteiger partial charge in [-0.1, -0.05) is 22.9 Å². The number of morpholine rings is 1. The molecule has 1 aliphatic rings. The summed E-state index contributed by atoms with van der Waals surface area (Å²) in [5.74, 6) is 0.865. The van der Waals surface area contributed by atoms with Crippen molar-refractivity contribution in [2.75, 3.05) is 26.3 Å². The van der Waals surface area contributed by atoms with Gasteiger partial charge in [-0.05, 0) is 19.1 Å². The third-order valence-corrected chi connectivity index (χ3v) is 6.06. The number of sulfonamides is 1. The Morgan fingerprint density at radius 2 is 1.89 bits per heavy atom. The molecule has 0 saturated carbocycles. The van der Waals surface area contributed by atoms with Crippen LogP contribution in [0.25, 0.3) is 11.5 Å². The lowest BCUT2D eigenvalue weighted by molar-refractivity contribution is 0.0729. The topological polar surface area (TPSA) is 103 Å². The standard InChI is InChI=1S/C17H19N5O4S/c1-13-2-4-14(5-3-13)17-19-15(20-26-17)10-21-11-16(18-12-21)27(23,24)22-6-8-25-9-7-22/h2-5,11-12H,6-10H2,1H3. The SMILES string of the molecule is Cc1ccc(-c2nc(Cn3cnc(S(=O)(=O)N4CCOCC4)c3)no2)cc1. The predicted molar refractivity (Wildman–Crippen MR) is 95.4 cm³/mol. The third kappa shape index (κ3) is 3.77. The van der Waals surface area contributed by atoms with Crippen LogP contribution in [0.1, 0.15) is 11.4 Å². The summed E-state index contributed by atoms with van der Waals surface area (Å²) in [6.45, 7) is 3.72. The van der Waals surface area contributed by atoms with Crippen LogP contribution in [-0.2, 0) is 21.3 Å². The first-order chi connectivity index (χ1) is 13.0. The molecular weight excluding hydrogens is 370 g/mol. The van der Waals surface area contributed by atoms with Gasteiger partial charge >= 0.3 is 0 Å². The van der Waals surface area contributed by atoms with Crippen molar-refractivity contribution >= 4 is 10.0 Å². The van der Waals surface area contributed by atoms with E-state index in [4.69, 9.17) is 9.26 Å². The molecule has 3 heterocycles. The molecule has 0 spiro atoms. The Kier molecular flexibility index (Phi) is 4.77. The summed E-state index contributed by atoms with van der Waals surface area (Å²) in [5.41, 5.74) is 1.98. The monoisotopic (exact) mass is 389 g/mol. The van der Waals surface area contributed by atoms with E-state index in [2.05, 4.69) is 15.1 Å². The molecule has 1 fully saturated rings. The summed E-state index contributed by atoms with van der Waals surface area (Å²) in [6.07, 6.45) is 2.93. The Bertz CT molecular complexity index is 1020. The first-order valence-electron chi connectivity index (χ1n) is 8.52. The fraction of sp³-hybridized carbons (Fsp3) is 0.353. The second-order valence-electron chi connectivity index (χ2n) is 6.28. The van der Waals surface area contributed by atoms with Crippen LogP contribution in [-0.4, -0.2) is 58.7 Å². The predicted octanol–water partition coefficient (Wildman–Crippen LogP) is 1.31. The van der Waals surface area contributed by atoms with E-state index < -0.39 is 10.0 Å². The van der Waals surface area contributed by atoms with Crippen molar-refractivity contribution in [2.24, 2.45) is 0 Å². The molecule has 1 saturated heterocycles. The molecule has 0 radical (unpaired) electrons. The quantitative estimate of drug-likeness (QED) is 0.648. The molecule has 0 N–H and O–H groups in total. The van der Waals surface area contributed by atoms with Crippen LogP contribution >= 0.6 is 0 Å². The minimum atomic E-state index is -3.62. The summed E-state index contributed by atoms with van der Waals surface area (Å²) in [4.78, 5) is 8.40. The molecule has 2 aromatic heterocycles. The maximum atomic E-state index is 12.6. The van der Waals surface area contributed by atoms with Gasteiger partial charge in [0.2, 0.25) is 0 Å². The summed E-state index contributed by atoms with van der Waals surface area (Å²) in [6, 6.07) is 7.77. The van der Waals surface area contributed by atoms with Gasteiger partial charge in [0.25, 0.3) is 15.9 Å². The molecule has 27 heavy (non-hydrogen) atoms. The fourth-order valence-electron chi connectivity index (χ4n) is 2.77. The van der Waals surface area contributed by atoms with Crippen LogP contribution in [0.4, 0.5) is 0 Å². The molecule has 1 aromatic carbocycles. The highest BCUT2D eigenvalue weighted by atomic mass is 32.2. The van der Waals surface area contributed by atoms with Crippen molar-refractivity contribution in [3.63, 3.8) is 0 Å². The average molecular weight is 389 g/mol. The molecular formula is C17H19N5O4S. The van der Waals surface area contributed by atoms with E-state index in [0.29, 0.717) is 38.0 Å². The number of aryl methyl sites for hydroxylation is 1. The van der Waals surface area contributed by atoms with Gasteiger partial charge in [0.05, 0.1) is 26.1 Å². The Morgan fingerprint density at radius 1 is 1.15 bits per heavy atom. The first kappa shape index (κ1) is 17.8. The van der Waals surface area contributed by atoms with Gasteiger partial charge in [-0.15, -0.1) is 0 Å².